The molecule has 2 aromatic carbocycles. The summed E-state index contributed by atoms with van der Waals surface area (Å²) >= 11 is 0. The van der Waals surface area contributed by atoms with Crippen molar-refractivity contribution >= 4 is 37.3 Å². The Hall–Kier alpha value is -2.63. The summed E-state index contributed by atoms with van der Waals surface area (Å²) in [5.74, 6) is -0.295. The zero-order valence-electron chi connectivity index (χ0n) is 20.2. The number of rotatable bonds is 7. The van der Waals surface area contributed by atoms with Gasteiger partial charge in [0.2, 0.25) is 26.0 Å². The van der Waals surface area contributed by atoms with E-state index in [0.29, 0.717) is 26.2 Å². The second-order valence-corrected chi connectivity index (χ2v) is 12.7. The fourth-order valence-electron chi connectivity index (χ4n) is 3.89. The first-order valence-electron chi connectivity index (χ1n) is 10.9. The third-order valence-electron chi connectivity index (χ3n) is 6.13. The van der Waals surface area contributed by atoms with E-state index in [1.165, 1.54) is 49.5 Å². The number of anilines is 2. The van der Waals surface area contributed by atoms with E-state index in [-0.39, 0.29) is 23.0 Å². The van der Waals surface area contributed by atoms with Gasteiger partial charge in [-0.25, -0.2) is 21.1 Å². The van der Waals surface area contributed by atoms with Crippen LogP contribution in [0, 0.1) is 13.8 Å². The average molecular weight is 509 g/mol. The van der Waals surface area contributed by atoms with Crippen LogP contribution in [0.1, 0.15) is 11.1 Å². The van der Waals surface area contributed by atoms with Gasteiger partial charge in [-0.15, -0.1) is 0 Å². The number of hydrogen-bond acceptors (Lipinski definition) is 6. The molecule has 0 unspecified atom stereocenters. The highest BCUT2D eigenvalue weighted by Gasteiger charge is 2.27. The van der Waals surface area contributed by atoms with E-state index in [4.69, 9.17) is 0 Å². The topological polar surface area (TPSA) is 98.3 Å². The fraction of sp³-hybridized carbons (Fsp3) is 0.435. The van der Waals surface area contributed by atoms with Crippen molar-refractivity contribution in [2.24, 2.45) is 0 Å². The normalized spacial score (nSPS) is 15.0. The van der Waals surface area contributed by atoms with E-state index in [2.05, 4.69) is 30.9 Å². The van der Waals surface area contributed by atoms with Crippen molar-refractivity contribution in [2.45, 2.75) is 18.7 Å². The number of piperazine rings is 1. The van der Waals surface area contributed by atoms with Crippen LogP contribution in [0.5, 0.6) is 0 Å². The summed E-state index contributed by atoms with van der Waals surface area (Å²) in [6.07, 6.45) is 1.03. The molecule has 9 nitrogen and oxygen atoms in total. The maximum absolute atomic E-state index is 13.0. The number of aryl methyl sites for hydroxylation is 1. The van der Waals surface area contributed by atoms with Crippen molar-refractivity contribution in [2.75, 3.05) is 62.3 Å². The molecule has 0 atom stereocenters. The third-order valence-corrected chi connectivity index (χ3v) is 9.10. The molecule has 1 saturated heterocycles. The van der Waals surface area contributed by atoms with Crippen molar-refractivity contribution in [3.05, 3.63) is 53.6 Å². The number of benzene rings is 2. The molecule has 186 valence electrons. The molecule has 1 aliphatic heterocycles. The summed E-state index contributed by atoms with van der Waals surface area (Å²) in [5.41, 5.74) is 3.81. The maximum atomic E-state index is 13.0. The Morgan fingerprint density at radius 1 is 0.912 bits per heavy atom. The van der Waals surface area contributed by atoms with E-state index in [1.807, 2.05) is 6.07 Å². The van der Waals surface area contributed by atoms with Gasteiger partial charge < -0.3 is 9.80 Å². The molecule has 0 bridgehead atoms. The molecule has 0 N–H and O–H groups in total. The lowest BCUT2D eigenvalue weighted by Gasteiger charge is -2.37. The van der Waals surface area contributed by atoms with Gasteiger partial charge in [0.15, 0.2) is 0 Å². The van der Waals surface area contributed by atoms with Gasteiger partial charge in [0.25, 0.3) is 0 Å². The minimum absolute atomic E-state index is 0.0450. The van der Waals surface area contributed by atoms with Crippen LogP contribution < -0.4 is 9.21 Å². The maximum Gasteiger partial charge on any atom is 0.243 e. The molecule has 2 aromatic rings. The zero-order valence-corrected chi connectivity index (χ0v) is 21.9. The van der Waals surface area contributed by atoms with Crippen LogP contribution in [0.2, 0.25) is 0 Å². The first-order valence-corrected chi connectivity index (χ1v) is 14.2. The Balaban J connectivity index is 1.72. The lowest BCUT2D eigenvalue weighted by molar-refractivity contribution is -0.129. The van der Waals surface area contributed by atoms with Gasteiger partial charge in [-0.05, 0) is 55.3 Å². The largest absolute Gasteiger partial charge is 0.368 e. The van der Waals surface area contributed by atoms with E-state index in [0.717, 1.165) is 20.6 Å². The molecule has 0 radical (unpaired) electrons. The van der Waals surface area contributed by atoms with Crippen molar-refractivity contribution in [3.8, 4) is 0 Å². The highest BCUT2D eigenvalue weighted by Crippen LogP contribution is 2.25. The van der Waals surface area contributed by atoms with Crippen LogP contribution in [-0.4, -0.2) is 85.0 Å². The molecule has 1 heterocycles. The number of hydrogen-bond donors (Lipinski definition) is 0. The van der Waals surface area contributed by atoms with Crippen molar-refractivity contribution < 1.29 is 21.6 Å². The average Bonchev–Trinajstić information content (AvgIpc) is 2.78. The summed E-state index contributed by atoms with van der Waals surface area (Å²) in [5, 5.41) is 0. The molecule has 1 aliphatic rings. The van der Waals surface area contributed by atoms with E-state index < -0.39 is 20.0 Å². The van der Waals surface area contributed by atoms with Crippen molar-refractivity contribution in [1.29, 1.82) is 0 Å². The molecule has 1 fully saturated rings. The second-order valence-electron chi connectivity index (χ2n) is 8.64. The highest BCUT2D eigenvalue weighted by molar-refractivity contribution is 7.92. The number of carbonyl (C=O) groups is 1. The SMILES string of the molecule is Cc1cccc(N2CCN(C(=O)CN(c3ccc(S(=O)(=O)N(C)C)cc3)S(C)(=O)=O)CC2)c1C. The number of carbonyl (C=O) groups excluding carboxylic acids is 1. The standard InChI is InChI=1S/C23H32N4O5S2/c1-18-7-6-8-22(19(18)2)25-13-15-26(16-14-25)23(28)17-27(33(5,29)30)20-9-11-21(12-10-20)34(31,32)24(3)4/h6-12H,13-17H2,1-5H3. The summed E-state index contributed by atoms with van der Waals surface area (Å²) in [6, 6.07) is 11.7. The minimum Gasteiger partial charge on any atom is -0.368 e. The van der Waals surface area contributed by atoms with Crippen molar-refractivity contribution in [1.82, 2.24) is 9.21 Å². The third kappa shape index (κ3) is 5.53. The minimum atomic E-state index is -3.76. The Morgan fingerprint density at radius 3 is 2.03 bits per heavy atom. The zero-order chi connectivity index (χ0) is 25.3. The van der Waals surface area contributed by atoms with Gasteiger partial charge in [-0.1, -0.05) is 12.1 Å². The first kappa shape index (κ1) is 26.0. The van der Waals surface area contributed by atoms with Gasteiger partial charge in [0, 0.05) is 46.0 Å². The van der Waals surface area contributed by atoms with Gasteiger partial charge >= 0.3 is 0 Å². The lowest BCUT2D eigenvalue weighted by atomic mass is 10.1. The molecular formula is C23H32N4O5S2. The highest BCUT2D eigenvalue weighted by atomic mass is 32.2. The molecule has 34 heavy (non-hydrogen) atoms. The van der Waals surface area contributed by atoms with Crippen LogP contribution in [0.25, 0.3) is 0 Å². The molecular weight excluding hydrogens is 476 g/mol. The fourth-order valence-corrected chi connectivity index (χ4v) is 5.64. The van der Waals surface area contributed by atoms with E-state index in [9.17, 15) is 21.6 Å². The van der Waals surface area contributed by atoms with Gasteiger partial charge in [-0.3, -0.25) is 9.10 Å². The Labute approximate surface area is 202 Å². The number of sulfonamides is 2. The molecule has 0 aliphatic carbocycles. The Kier molecular flexibility index (Phi) is 7.59. The molecule has 1 amide bonds. The summed E-state index contributed by atoms with van der Waals surface area (Å²) < 4.78 is 51.6. The predicted molar refractivity (Wildman–Crippen MR) is 134 cm³/mol. The van der Waals surface area contributed by atoms with E-state index in [1.54, 1.807) is 4.90 Å². The lowest BCUT2D eigenvalue weighted by Crippen LogP contribution is -2.52. The Morgan fingerprint density at radius 2 is 1.50 bits per heavy atom. The molecule has 3 rings (SSSR count). The summed E-state index contributed by atoms with van der Waals surface area (Å²) in [4.78, 5) is 17.0. The summed E-state index contributed by atoms with van der Waals surface area (Å²) in [7, 11) is -4.57. The Bertz CT molecular complexity index is 1250. The van der Waals surface area contributed by atoms with Gasteiger partial charge in [-0.2, -0.15) is 0 Å². The van der Waals surface area contributed by atoms with Crippen LogP contribution in [0.4, 0.5) is 11.4 Å². The molecule has 11 heteroatoms. The van der Waals surface area contributed by atoms with Crippen LogP contribution >= 0.6 is 0 Å². The molecule has 0 spiro atoms. The van der Waals surface area contributed by atoms with Crippen LogP contribution in [0.15, 0.2) is 47.4 Å². The van der Waals surface area contributed by atoms with Crippen molar-refractivity contribution in [3.63, 3.8) is 0 Å². The number of nitrogens with zero attached hydrogens (tertiary/aromatic N) is 4. The van der Waals surface area contributed by atoms with Gasteiger partial charge in [0.1, 0.15) is 6.54 Å². The van der Waals surface area contributed by atoms with Crippen LogP contribution in [0.3, 0.4) is 0 Å². The van der Waals surface area contributed by atoms with Crippen LogP contribution in [-0.2, 0) is 24.8 Å². The quantitative estimate of drug-likeness (QED) is 0.564. The van der Waals surface area contributed by atoms with Gasteiger partial charge in [0.05, 0.1) is 16.8 Å². The first-order chi connectivity index (χ1) is 15.8. The second kappa shape index (κ2) is 9.93. The smallest absolute Gasteiger partial charge is 0.243 e. The molecule has 0 aromatic heterocycles. The van der Waals surface area contributed by atoms with E-state index >= 15 is 0 Å². The predicted octanol–water partition coefficient (Wildman–Crippen LogP) is 1.67. The monoisotopic (exact) mass is 508 g/mol. The molecule has 0 saturated carbocycles. The summed E-state index contributed by atoms with van der Waals surface area (Å²) in [6.45, 7) is 6.11. The number of amides is 1.